The van der Waals surface area contributed by atoms with Crippen LogP contribution < -0.4 is 15.0 Å². The van der Waals surface area contributed by atoms with Gasteiger partial charge in [0, 0.05) is 44.3 Å². The molecule has 2 heterocycles. The van der Waals surface area contributed by atoms with Crippen molar-refractivity contribution in [2.75, 3.05) is 19.0 Å². The van der Waals surface area contributed by atoms with Gasteiger partial charge < -0.3 is 19.4 Å². The van der Waals surface area contributed by atoms with Gasteiger partial charge in [0.2, 0.25) is 0 Å². The molecule has 0 unspecified atom stereocenters. The Morgan fingerprint density at radius 3 is 2.67 bits per heavy atom. The first-order chi connectivity index (χ1) is 14.6. The Bertz CT molecular complexity index is 1120. The minimum absolute atomic E-state index is 0.134. The van der Waals surface area contributed by atoms with Gasteiger partial charge >= 0.3 is 0 Å². The van der Waals surface area contributed by atoms with Gasteiger partial charge in [-0.25, -0.2) is 4.98 Å². The van der Waals surface area contributed by atoms with Gasteiger partial charge in [-0.3, -0.25) is 4.79 Å². The first kappa shape index (κ1) is 19.5. The summed E-state index contributed by atoms with van der Waals surface area (Å²) in [6.45, 7) is 0.809. The molecule has 0 bridgehead atoms. The number of carbonyl (C=O) groups is 1. The smallest absolute Gasteiger partial charge is 0.251 e. The number of nitrogens with zero attached hydrogens (tertiary/aromatic N) is 3. The van der Waals surface area contributed by atoms with Crippen LogP contribution >= 0.6 is 0 Å². The number of ether oxygens (including phenoxy) is 1. The SMILES string of the molecule is CN(C)c1ccc(CNC(=O)c2cccc(OCc3cn4ccccc4n3)c2)cc1. The minimum Gasteiger partial charge on any atom is -0.487 e. The number of carbonyl (C=O) groups excluding carboxylic acids is 1. The van der Waals surface area contributed by atoms with Gasteiger partial charge in [-0.1, -0.05) is 24.3 Å². The number of aromatic nitrogens is 2. The normalized spacial score (nSPS) is 10.7. The molecule has 0 aliphatic heterocycles. The Hall–Kier alpha value is -3.80. The highest BCUT2D eigenvalue weighted by atomic mass is 16.5. The van der Waals surface area contributed by atoms with Gasteiger partial charge in [-0.15, -0.1) is 0 Å². The summed E-state index contributed by atoms with van der Waals surface area (Å²) < 4.78 is 7.80. The van der Waals surface area contributed by atoms with Crippen LogP contribution in [-0.4, -0.2) is 29.4 Å². The van der Waals surface area contributed by atoms with Crippen LogP contribution in [-0.2, 0) is 13.2 Å². The van der Waals surface area contributed by atoms with E-state index in [0.717, 1.165) is 22.6 Å². The van der Waals surface area contributed by atoms with Crippen molar-refractivity contribution in [2.45, 2.75) is 13.2 Å². The Kier molecular flexibility index (Phi) is 5.66. The second-order valence-corrected chi connectivity index (χ2v) is 7.26. The summed E-state index contributed by atoms with van der Waals surface area (Å²) in [5.74, 6) is 0.500. The fourth-order valence-corrected chi connectivity index (χ4v) is 3.14. The number of nitrogens with one attached hydrogen (secondary N) is 1. The average Bonchev–Trinajstić information content (AvgIpc) is 3.19. The number of fused-ring (bicyclic) bond motifs is 1. The van der Waals surface area contributed by atoms with Gasteiger partial charge in [-0.05, 0) is 48.0 Å². The first-order valence-electron chi connectivity index (χ1n) is 9.78. The maximum absolute atomic E-state index is 12.5. The van der Waals surface area contributed by atoms with Crippen molar-refractivity contribution >= 4 is 17.2 Å². The summed E-state index contributed by atoms with van der Waals surface area (Å²) in [4.78, 5) is 19.1. The van der Waals surface area contributed by atoms with Gasteiger partial charge in [0.05, 0.1) is 5.69 Å². The third kappa shape index (κ3) is 4.60. The van der Waals surface area contributed by atoms with E-state index in [1.54, 1.807) is 12.1 Å². The van der Waals surface area contributed by atoms with E-state index in [-0.39, 0.29) is 5.91 Å². The molecule has 0 fully saturated rings. The summed E-state index contributed by atoms with van der Waals surface area (Å²) in [6.07, 6.45) is 3.89. The molecular formula is C24H24N4O2. The summed E-state index contributed by atoms with van der Waals surface area (Å²) in [6, 6.07) is 21.2. The molecule has 4 rings (SSSR count). The molecule has 2 aromatic carbocycles. The molecule has 0 atom stereocenters. The number of rotatable bonds is 7. The standard InChI is InChI=1S/C24H24N4O2/c1-27(2)21-11-9-18(10-12-21)15-25-24(29)19-6-5-7-22(14-19)30-17-20-16-28-13-4-3-8-23(28)26-20/h3-14,16H,15,17H2,1-2H3,(H,25,29). The maximum Gasteiger partial charge on any atom is 0.251 e. The number of amides is 1. The van der Waals surface area contributed by atoms with Crippen molar-refractivity contribution in [1.29, 1.82) is 0 Å². The van der Waals surface area contributed by atoms with E-state index in [0.29, 0.717) is 24.5 Å². The number of hydrogen-bond donors (Lipinski definition) is 1. The van der Waals surface area contributed by atoms with E-state index in [2.05, 4.69) is 10.3 Å². The van der Waals surface area contributed by atoms with Crippen LogP contribution in [0.15, 0.2) is 79.1 Å². The van der Waals surface area contributed by atoms with Crippen molar-refractivity contribution < 1.29 is 9.53 Å². The van der Waals surface area contributed by atoms with Crippen LogP contribution in [0.2, 0.25) is 0 Å². The molecule has 0 aliphatic rings. The first-order valence-corrected chi connectivity index (χ1v) is 9.78. The zero-order valence-electron chi connectivity index (χ0n) is 17.1. The predicted molar refractivity (Wildman–Crippen MR) is 118 cm³/mol. The molecule has 6 nitrogen and oxygen atoms in total. The zero-order valence-corrected chi connectivity index (χ0v) is 17.1. The van der Waals surface area contributed by atoms with Crippen LogP contribution in [0.25, 0.3) is 5.65 Å². The van der Waals surface area contributed by atoms with Crippen LogP contribution in [0.4, 0.5) is 5.69 Å². The molecule has 30 heavy (non-hydrogen) atoms. The van der Waals surface area contributed by atoms with Crippen molar-refractivity contribution in [2.24, 2.45) is 0 Å². The number of benzene rings is 2. The van der Waals surface area contributed by atoms with E-state index >= 15 is 0 Å². The zero-order chi connectivity index (χ0) is 20.9. The molecule has 152 valence electrons. The van der Waals surface area contributed by atoms with E-state index < -0.39 is 0 Å². The van der Waals surface area contributed by atoms with Crippen LogP contribution in [0.3, 0.4) is 0 Å². The molecule has 6 heteroatoms. The molecule has 1 N–H and O–H groups in total. The molecule has 1 amide bonds. The summed E-state index contributed by atoms with van der Waals surface area (Å²) in [5, 5.41) is 2.96. The molecule has 4 aromatic rings. The van der Waals surface area contributed by atoms with Gasteiger partial charge in [0.1, 0.15) is 18.0 Å². The minimum atomic E-state index is -0.134. The lowest BCUT2D eigenvalue weighted by atomic mass is 10.1. The Morgan fingerprint density at radius 2 is 1.90 bits per heavy atom. The highest BCUT2D eigenvalue weighted by molar-refractivity contribution is 5.94. The van der Waals surface area contributed by atoms with Crippen LogP contribution in [0.1, 0.15) is 21.6 Å². The Labute approximate surface area is 175 Å². The quantitative estimate of drug-likeness (QED) is 0.511. The van der Waals surface area contributed by atoms with Gasteiger partial charge in [0.15, 0.2) is 0 Å². The monoisotopic (exact) mass is 400 g/mol. The lowest BCUT2D eigenvalue weighted by molar-refractivity contribution is 0.0950. The number of imidazole rings is 1. The summed E-state index contributed by atoms with van der Waals surface area (Å²) in [5.41, 5.74) is 4.45. The average molecular weight is 400 g/mol. The largest absolute Gasteiger partial charge is 0.487 e. The molecule has 0 saturated heterocycles. The predicted octanol–water partition coefficient (Wildman–Crippen LogP) is 3.91. The van der Waals surface area contributed by atoms with E-state index in [1.807, 2.05) is 90.4 Å². The van der Waals surface area contributed by atoms with Gasteiger partial charge in [-0.2, -0.15) is 0 Å². The van der Waals surface area contributed by atoms with Crippen LogP contribution in [0, 0.1) is 0 Å². The molecule has 0 spiro atoms. The van der Waals surface area contributed by atoms with Crippen LogP contribution in [0.5, 0.6) is 5.75 Å². The number of hydrogen-bond acceptors (Lipinski definition) is 4. The molecule has 0 saturated carbocycles. The second kappa shape index (κ2) is 8.69. The Balaban J connectivity index is 1.35. The van der Waals surface area contributed by atoms with Crippen molar-refractivity contribution in [3.63, 3.8) is 0 Å². The Morgan fingerprint density at radius 1 is 1.07 bits per heavy atom. The van der Waals surface area contributed by atoms with Crippen molar-refractivity contribution in [3.05, 3.63) is 95.9 Å². The lowest BCUT2D eigenvalue weighted by Gasteiger charge is -2.13. The highest BCUT2D eigenvalue weighted by Gasteiger charge is 2.08. The topological polar surface area (TPSA) is 58.9 Å². The third-order valence-electron chi connectivity index (χ3n) is 4.80. The second-order valence-electron chi connectivity index (χ2n) is 7.26. The van der Waals surface area contributed by atoms with Crippen molar-refractivity contribution in [3.8, 4) is 5.75 Å². The maximum atomic E-state index is 12.5. The van der Waals surface area contributed by atoms with E-state index in [1.165, 1.54) is 0 Å². The highest BCUT2D eigenvalue weighted by Crippen LogP contribution is 2.16. The molecular weight excluding hydrogens is 376 g/mol. The number of pyridine rings is 1. The molecule has 0 radical (unpaired) electrons. The number of anilines is 1. The lowest BCUT2D eigenvalue weighted by Crippen LogP contribution is -2.22. The van der Waals surface area contributed by atoms with Gasteiger partial charge in [0.25, 0.3) is 5.91 Å². The fourth-order valence-electron chi connectivity index (χ4n) is 3.14. The van der Waals surface area contributed by atoms with E-state index in [9.17, 15) is 4.79 Å². The fraction of sp³-hybridized carbons (Fsp3) is 0.167. The third-order valence-corrected chi connectivity index (χ3v) is 4.80. The summed E-state index contributed by atoms with van der Waals surface area (Å²) >= 11 is 0. The summed E-state index contributed by atoms with van der Waals surface area (Å²) in [7, 11) is 4.00. The van der Waals surface area contributed by atoms with Crippen molar-refractivity contribution in [1.82, 2.24) is 14.7 Å². The molecule has 2 aromatic heterocycles. The van der Waals surface area contributed by atoms with E-state index in [4.69, 9.17) is 4.74 Å². The molecule has 0 aliphatic carbocycles.